The van der Waals surface area contributed by atoms with Crippen molar-refractivity contribution in [1.82, 2.24) is 10.3 Å². The average molecular weight is 308 g/mol. The fourth-order valence-electron chi connectivity index (χ4n) is 2.38. The number of benzene rings is 1. The number of unbranched alkanes of at least 4 members (excludes halogenated alkanes) is 1. The molecule has 1 amide bonds. The predicted octanol–water partition coefficient (Wildman–Crippen LogP) is 2.62. The third-order valence-corrected chi connectivity index (χ3v) is 3.50. The number of nitriles is 1. The Morgan fingerprint density at radius 1 is 1.26 bits per heavy atom. The molecular weight excluding hydrogens is 292 g/mol. The molecule has 2 N–H and O–H groups in total. The first-order chi connectivity index (χ1) is 11.3. The molecule has 0 saturated heterocycles. The van der Waals surface area contributed by atoms with Gasteiger partial charge >= 0.3 is 0 Å². The third kappa shape index (κ3) is 3.40. The molecule has 1 atom stereocenters. The molecule has 6 heteroatoms. The quantitative estimate of drug-likeness (QED) is 0.829. The number of anilines is 1. The molecule has 1 aromatic heterocycles. The second-order valence-electron chi connectivity index (χ2n) is 5.13. The molecule has 1 aliphatic rings. The van der Waals surface area contributed by atoms with Crippen molar-refractivity contribution in [2.45, 2.75) is 19.0 Å². The third-order valence-electron chi connectivity index (χ3n) is 3.50. The molecule has 116 valence electrons. The lowest BCUT2D eigenvalue weighted by Gasteiger charge is -2.27. The van der Waals surface area contributed by atoms with Crippen LogP contribution in [0.1, 0.15) is 34.9 Å². The first-order valence-corrected chi connectivity index (χ1v) is 7.40. The number of aromatic nitrogens is 1. The smallest absolute Gasteiger partial charge is 0.256 e. The topological polar surface area (TPSA) is 87.0 Å². The van der Waals surface area contributed by atoms with Crippen molar-refractivity contribution in [3.8, 4) is 11.8 Å². The van der Waals surface area contributed by atoms with E-state index in [1.54, 1.807) is 18.3 Å². The predicted molar refractivity (Wildman–Crippen MR) is 84.9 cm³/mol. The van der Waals surface area contributed by atoms with Gasteiger partial charge in [0.2, 0.25) is 0 Å². The molecule has 0 bridgehead atoms. The van der Waals surface area contributed by atoms with E-state index in [-0.39, 0.29) is 12.1 Å². The van der Waals surface area contributed by atoms with Gasteiger partial charge in [-0.05, 0) is 36.2 Å². The monoisotopic (exact) mass is 308 g/mol. The van der Waals surface area contributed by atoms with Crippen molar-refractivity contribution in [3.05, 3.63) is 53.7 Å². The Bertz CT molecular complexity index is 754. The fraction of sp³-hybridized carbons (Fsp3) is 0.235. The molecule has 3 rings (SSSR count). The molecule has 0 spiro atoms. The number of carbonyl (C=O) groups excluding carboxylic acids is 1. The van der Waals surface area contributed by atoms with E-state index in [1.807, 2.05) is 24.3 Å². The lowest BCUT2D eigenvalue weighted by molar-refractivity contribution is 0.0935. The van der Waals surface area contributed by atoms with Gasteiger partial charge in [-0.1, -0.05) is 12.1 Å². The zero-order valence-electron chi connectivity index (χ0n) is 12.5. The van der Waals surface area contributed by atoms with E-state index in [9.17, 15) is 4.79 Å². The van der Waals surface area contributed by atoms with Crippen LogP contribution < -0.4 is 15.4 Å². The molecule has 0 unspecified atom stereocenters. The summed E-state index contributed by atoms with van der Waals surface area (Å²) in [4.78, 5) is 16.3. The van der Waals surface area contributed by atoms with E-state index in [0.29, 0.717) is 36.6 Å². The minimum Gasteiger partial charge on any atom is -0.494 e. The summed E-state index contributed by atoms with van der Waals surface area (Å²) in [6.07, 6.45) is 2.46. The van der Waals surface area contributed by atoms with Gasteiger partial charge in [0, 0.05) is 12.6 Å². The number of nitrogens with zero attached hydrogens (tertiary/aromatic N) is 2. The number of rotatable bonds is 5. The van der Waals surface area contributed by atoms with Crippen LogP contribution in [0.5, 0.6) is 5.75 Å². The molecule has 1 aromatic carbocycles. The Labute approximate surface area is 134 Å². The van der Waals surface area contributed by atoms with Crippen LogP contribution >= 0.6 is 0 Å². The number of hydrogen-bond donors (Lipinski definition) is 2. The summed E-state index contributed by atoms with van der Waals surface area (Å²) in [5.41, 5.74) is 1.42. The Kier molecular flexibility index (Phi) is 4.39. The maximum Gasteiger partial charge on any atom is 0.256 e. The van der Waals surface area contributed by atoms with Crippen molar-refractivity contribution in [1.29, 1.82) is 5.26 Å². The van der Waals surface area contributed by atoms with Gasteiger partial charge in [0.05, 0.1) is 18.2 Å². The number of fused-ring (bicyclic) bond motifs is 1. The van der Waals surface area contributed by atoms with Crippen molar-refractivity contribution in [3.63, 3.8) is 0 Å². The molecule has 2 heterocycles. The Hall–Kier alpha value is -3.07. The standard InChI is InChI=1S/C17H16N4O2/c18-8-1-2-10-23-13-6-3-5-12(11-13)15-20-16-14(17(22)21-15)7-4-9-19-16/h3-7,9,11,15H,1-2,10H2,(H,19,20)(H,21,22)/t15-/m1/s1. The number of pyridine rings is 1. The van der Waals surface area contributed by atoms with Crippen LogP contribution in [0, 0.1) is 11.3 Å². The van der Waals surface area contributed by atoms with Crippen molar-refractivity contribution in [2.24, 2.45) is 0 Å². The Morgan fingerprint density at radius 3 is 3.04 bits per heavy atom. The van der Waals surface area contributed by atoms with Gasteiger partial charge < -0.3 is 15.4 Å². The second kappa shape index (κ2) is 6.79. The summed E-state index contributed by atoms with van der Waals surface area (Å²) in [7, 11) is 0. The van der Waals surface area contributed by atoms with E-state index in [0.717, 1.165) is 5.56 Å². The largest absolute Gasteiger partial charge is 0.494 e. The van der Waals surface area contributed by atoms with Crippen molar-refractivity contribution >= 4 is 11.7 Å². The molecule has 2 aromatic rings. The molecule has 0 aliphatic carbocycles. The minimum atomic E-state index is -0.354. The normalized spacial score (nSPS) is 15.8. The number of hydrogen-bond acceptors (Lipinski definition) is 5. The van der Waals surface area contributed by atoms with Crippen LogP contribution in [0.15, 0.2) is 42.6 Å². The van der Waals surface area contributed by atoms with Crippen molar-refractivity contribution in [2.75, 3.05) is 11.9 Å². The number of carbonyl (C=O) groups is 1. The zero-order valence-corrected chi connectivity index (χ0v) is 12.5. The van der Waals surface area contributed by atoms with Crippen LogP contribution in [-0.2, 0) is 0 Å². The molecule has 1 aliphatic heterocycles. The minimum absolute atomic E-state index is 0.155. The SMILES string of the molecule is N#CCCCOc1cccc([C@H]2NC(=O)c3cccnc3N2)c1. The van der Waals surface area contributed by atoms with Crippen LogP contribution in [0.25, 0.3) is 0 Å². The van der Waals surface area contributed by atoms with Gasteiger partial charge in [0.15, 0.2) is 0 Å². The maximum absolute atomic E-state index is 12.1. The number of amides is 1. The average Bonchev–Trinajstić information content (AvgIpc) is 2.59. The lowest BCUT2D eigenvalue weighted by Crippen LogP contribution is -2.38. The van der Waals surface area contributed by atoms with Gasteiger partial charge in [0.1, 0.15) is 17.7 Å². The second-order valence-corrected chi connectivity index (χ2v) is 5.13. The summed E-state index contributed by atoms with van der Waals surface area (Å²) in [5, 5.41) is 14.6. The highest BCUT2D eigenvalue weighted by Gasteiger charge is 2.25. The lowest BCUT2D eigenvalue weighted by atomic mass is 10.1. The van der Waals surface area contributed by atoms with E-state index in [1.165, 1.54) is 0 Å². The fourth-order valence-corrected chi connectivity index (χ4v) is 2.38. The summed E-state index contributed by atoms with van der Waals surface area (Å²) in [6.45, 7) is 0.492. The van der Waals surface area contributed by atoms with Crippen LogP contribution in [0.2, 0.25) is 0 Å². The van der Waals surface area contributed by atoms with Gasteiger partial charge in [-0.3, -0.25) is 4.79 Å². The van der Waals surface area contributed by atoms with E-state index in [2.05, 4.69) is 21.7 Å². The van der Waals surface area contributed by atoms with Crippen LogP contribution in [-0.4, -0.2) is 17.5 Å². The zero-order chi connectivity index (χ0) is 16.1. The molecular formula is C17H16N4O2. The van der Waals surface area contributed by atoms with Gasteiger partial charge in [0.25, 0.3) is 5.91 Å². The van der Waals surface area contributed by atoms with Gasteiger partial charge in [-0.2, -0.15) is 5.26 Å². The molecule has 0 fully saturated rings. The summed E-state index contributed by atoms with van der Waals surface area (Å²) < 4.78 is 5.63. The first-order valence-electron chi connectivity index (χ1n) is 7.40. The summed E-state index contributed by atoms with van der Waals surface area (Å²) in [6, 6.07) is 13.1. The number of ether oxygens (including phenoxy) is 1. The van der Waals surface area contributed by atoms with Gasteiger partial charge in [-0.25, -0.2) is 4.98 Å². The van der Waals surface area contributed by atoms with E-state index < -0.39 is 0 Å². The summed E-state index contributed by atoms with van der Waals surface area (Å²) >= 11 is 0. The Morgan fingerprint density at radius 2 is 2.17 bits per heavy atom. The highest BCUT2D eigenvalue weighted by molar-refractivity contribution is 6.00. The van der Waals surface area contributed by atoms with E-state index in [4.69, 9.17) is 10.00 Å². The molecule has 23 heavy (non-hydrogen) atoms. The molecule has 6 nitrogen and oxygen atoms in total. The van der Waals surface area contributed by atoms with Crippen molar-refractivity contribution < 1.29 is 9.53 Å². The van der Waals surface area contributed by atoms with Crippen LogP contribution in [0.3, 0.4) is 0 Å². The maximum atomic E-state index is 12.1. The molecule has 0 radical (unpaired) electrons. The highest BCUT2D eigenvalue weighted by Crippen LogP contribution is 2.26. The number of nitrogens with one attached hydrogen (secondary N) is 2. The summed E-state index contributed by atoms with van der Waals surface area (Å²) in [5.74, 6) is 1.13. The van der Waals surface area contributed by atoms with Crippen LogP contribution in [0.4, 0.5) is 5.82 Å². The molecule has 0 saturated carbocycles. The highest BCUT2D eigenvalue weighted by atomic mass is 16.5. The first kappa shape index (κ1) is 14.9. The van der Waals surface area contributed by atoms with E-state index >= 15 is 0 Å². The Balaban J connectivity index is 1.73. The van der Waals surface area contributed by atoms with Gasteiger partial charge in [-0.15, -0.1) is 0 Å².